The topological polar surface area (TPSA) is 55.8 Å². The molecule has 2 rings (SSSR count). The number of rotatable bonds is 5. The lowest BCUT2D eigenvalue weighted by Gasteiger charge is -2.12. The Bertz CT molecular complexity index is 706. The predicted octanol–water partition coefficient (Wildman–Crippen LogP) is 3.28. The van der Waals surface area contributed by atoms with Gasteiger partial charge in [0.15, 0.2) is 0 Å². The molecular weight excluding hydrogens is 292 g/mol. The fourth-order valence-corrected chi connectivity index (χ4v) is 1.88. The molecule has 0 aromatic heterocycles. The van der Waals surface area contributed by atoms with Crippen LogP contribution in [0.25, 0.3) is 0 Å². The van der Waals surface area contributed by atoms with E-state index in [1.807, 2.05) is 43.3 Å². The monoisotopic (exact) mass is 310 g/mol. The van der Waals surface area contributed by atoms with E-state index in [-0.39, 0.29) is 6.42 Å². The largest absolute Gasteiger partial charge is 0.497 e. The Hall–Kier alpha value is -2.93. The van der Waals surface area contributed by atoms with Crippen molar-refractivity contribution in [2.24, 2.45) is 0 Å². The average molecular weight is 310 g/mol. The minimum Gasteiger partial charge on any atom is -0.497 e. The molecule has 1 N–H and O–H groups in total. The van der Waals surface area contributed by atoms with E-state index in [9.17, 15) is 9.90 Å². The van der Waals surface area contributed by atoms with Crippen LogP contribution in [-0.2, 0) is 4.79 Å². The Labute approximate surface area is 135 Å². The second-order valence-electron chi connectivity index (χ2n) is 4.99. The van der Waals surface area contributed by atoms with Gasteiger partial charge in [-0.15, -0.1) is 0 Å². The normalized spacial score (nSPS) is 11.0. The molecule has 2 aromatic rings. The van der Waals surface area contributed by atoms with E-state index >= 15 is 0 Å². The molecule has 4 heteroatoms. The lowest BCUT2D eigenvalue weighted by atomic mass is 10.2. The van der Waals surface area contributed by atoms with Crippen molar-refractivity contribution in [1.29, 1.82) is 0 Å². The number of benzene rings is 2. The van der Waals surface area contributed by atoms with Crippen molar-refractivity contribution < 1.29 is 19.4 Å². The summed E-state index contributed by atoms with van der Waals surface area (Å²) in [6, 6.07) is 14.5. The summed E-state index contributed by atoms with van der Waals surface area (Å²) in [6.45, 7) is 1.96. The smallest absolute Gasteiger partial charge is 0.345 e. The molecule has 0 aliphatic carbocycles. The molecule has 0 radical (unpaired) electrons. The Balaban J connectivity index is 2.01. The summed E-state index contributed by atoms with van der Waals surface area (Å²) in [5, 5.41) is 9.25. The van der Waals surface area contributed by atoms with Crippen molar-refractivity contribution in [3.05, 3.63) is 59.7 Å². The van der Waals surface area contributed by atoms with Crippen LogP contribution in [0.3, 0.4) is 0 Å². The van der Waals surface area contributed by atoms with Crippen LogP contribution in [0.1, 0.15) is 17.5 Å². The van der Waals surface area contributed by atoms with Crippen LogP contribution >= 0.6 is 0 Å². The van der Waals surface area contributed by atoms with E-state index in [4.69, 9.17) is 9.47 Å². The van der Waals surface area contributed by atoms with Crippen LogP contribution in [0.5, 0.6) is 11.5 Å². The van der Waals surface area contributed by atoms with Crippen LogP contribution in [-0.4, -0.2) is 24.3 Å². The number of methoxy groups -OCH3 is 1. The van der Waals surface area contributed by atoms with Crippen molar-refractivity contribution in [2.75, 3.05) is 7.11 Å². The summed E-state index contributed by atoms with van der Waals surface area (Å²) < 4.78 is 10.6. The molecule has 0 aliphatic heterocycles. The number of ether oxygens (including phenoxy) is 2. The quantitative estimate of drug-likeness (QED) is 0.861. The molecule has 1 atom stereocenters. The van der Waals surface area contributed by atoms with E-state index < -0.39 is 12.1 Å². The van der Waals surface area contributed by atoms with E-state index in [0.717, 1.165) is 16.9 Å². The third-order valence-electron chi connectivity index (χ3n) is 3.18. The molecule has 118 valence electrons. The first-order valence-corrected chi connectivity index (χ1v) is 7.17. The Morgan fingerprint density at radius 1 is 1.09 bits per heavy atom. The Morgan fingerprint density at radius 3 is 2.26 bits per heavy atom. The average Bonchev–Trinajstić information content (AvgIpc) is 2.56. The molecule has 4 nitrogen and oxygen atoms in total. The number of carbonyl (C=O) groups is 1. The molecular formula is C19H18O4. The molecule has 0 spiro atoms. The van der Waals surface area contributed by atoms with Gasteiger partial charge in [0.25, 0.3) is 0 Å². The van der Waals surface area contributed by atoms with E-state index in [1.54, 1.807) is 19.2 Å². The third kappa shape index (κ3) is 5.08. The fourth-order valence-electron chi connectivity index (χ4n) is 1.88. The zero-order valence-corrected chi connectivity index (χ0v) is 13.1. The Morgan fingerprint density at radius 2 is 1.70 bits per heavy atom. The van der Waals surface area contributed by atoms with Gasteiger partial charge >= 0.3 is 5.97 Å². The van der Waals surface area contributed by atoms with Crippen LogP contribution in [0.2, 0.25) is 0 Å². The molecule has 0 amide bonds. The van der Waals surface area contributed by atoms with E-state index in [0.29, 0.717) is 5.75 Å². The summed E-state index contributed by atoms with van der Waals surface area (Å²) in [7, 11) is 1.60. The molecule has 2 aromatic carbocycles. The fraction of sp³-hybridized carbons (Fsp3) is 0.211. The number of carboxylic acids is 1. The minimum absolute atomic E-state index is 0.106. The van der Waals surface area contributed by atoms with Crippen LogP contribution in [0.4, 0.5) is 0 Å². The SMILES string of the molecule is COc1ccc(C#CCC(Oc2ccc(C)cc2)C(=O)O)cc1. The van der Waals surface area contributed by atoms with Gasteiger partial charge in [-0.2, -0.15) is 0 Å². The van der Waals surface area contributed by atoms with Gasteiger partial charge in [-0.05, 0) is 43.3 Å². The van der Waals surface area contributed by atoms with Crippen molar-refractivity contribution in [2.45, 2.75) is 19.4 Å². The number of hydrogen-bond acceptors (Lipinski definition) is 3. The van der Waals surface area contributed by atoms with Crippen LogP contribution in [0, 0.1) is 18.8 Å². The van der Waals surface area contributed by atoms with Crippen molar-refractivity contribution in [1.82, 2.24) is 0 Å². The van der Waals surface area contributed by atoms with Crippen molar-refractivity contribution in [3.8, 4) is 23.3 Å². The molecule has 0 aliphatic rings. The maximum absolute atomic E-state index is 11.3. The highest BCUT2D eigenvalue weighted by molar-refractivity contribution is 5.73. The van der Waals surface area contributed by atoms with Gasteiger partial charge in [0, 0.05) is 5.56 Å². The first-order chi connectivity index (χ1) is 11.1. The predicted molar refractivity (Wildman–Crippen MR) is 87.7 cm³/mol. The number of carboxylic acid groups (broad SMARTS) is 1. The summed E-state index contributed by atoms with van der Waals surface area (Å²) in [4.78, 5) is 11.3. The third-order valence-corrected chi connectivity index (χ3v) is 3.18. The summed E-state index contributed by atoms with van der Waals surface area (Å²) in [5.41, 5.74) is 1.88. The molecule has 23 heavy (non-hydrogen) atoms. The van der Waals surface area contributed by atoms with Gasteiger partial charge in [-0.3, -0.25) is 0 Å². The minimum atomic E-state index is -1.03. The highest BCUT2D eigenvalue weighted by atomic mass is 16.5. The lowest BCUT2D eigenvalue weighted by molar-refractivity contribution is -0.144. The van der Waals surface area contributed by atoms with Gasteiger partial charge in [0.1, 0.15) is 11.5 Å². The summed E-state index contributed by atoms with van der Waals surface area (Å²) in [6.07, 6.45) is -0.890. The first kappa shape index (κ1) is 16.4. The number of aliphatic carboxylic acids is 1. The van der Waals surface area contributed by atoms with Crippen LogP contribution in [0.15, 0.2) is 48.5 Å². The zero-order valence-electron chi connectivity index (χ0n) is 13.1. The molecule has 1 unspecified atom stereocenters. The van der Waals surface area contributed by atoms with Gasteiger partial charge in [0.05, 0.1) is 13.5 Å². The number of hydrogen-bond donors (Lipinski definition) is 1. The second-order valence-corrected chi connectivity index (χ2v) is 4.99. The van der Waals surface area contributed by atoms with Gasteiger partial charge < -0.3 is 14.6 Å². The summed E-state index contributed by atoms with van der Waals surface area (Å²) >= 11 is 0. The molecule has 0 bridgehead atoms. The summed E-state index contributed by atoms with van der Waals surface area (Å²) in [5.74, 6) is 6.02. The second kappa shape index (κ2) is 7.90. The maximum Gasteiger partial charge on any atom is 0.345 e. The maximum atomic E-state index is 11.3. The van der Waals surface area contributed by atoms with Crippen molar-refractivity contribution >= 4 is 5.97 Å². The lowest BCUT2D eigenvalue weighted by Crippen LogP contribution is -2.26. The zero-order chi connectivity index (χ0) is 16.7. The number of aryl methyl sites for hydroxylation is 1. The van der Waals surface area contributed by atoms with Gasteiger partial charge in [-0.25, -0.2) is 4.79 Å². The molecule has 0 saturated carbocycles. The van der Waals surface area contributed by atoms with Crippen molar-refractivity contribution in [3.63, 3.8) is 0 Å². The molecule has 0 saturated heterocycles. The van der Waals surface area contributed by atoms with Gasteiger partial charge in [-0.1, -0.05) is 29.5 Å². The standard InChI is InChI=1S/C19H18O4/c1-14-6-10-17(11-7-14)23-18(19(20)21)5-3-4-15-8-12-16(22-2)13-9-15/h6-13,18H,5H2,1-2H3,(H,20,21). The van der Waals surface area contributed by atoms with E-state index in [2.05, 4.69) is 11.8 Å². The van der Waals surface area contributed by atoms with E-state index in [1.165, 1.54) is 0 Å². The highest BCUT2D eigenvalue weighted by Gasteiger charge is 2.18. The van der Waals surface area contributed by atoms with Gasteiger partial charge in [0.2, 0.25) is 6.10 Å². The first-order valence-electron chi connectivity index (χ1n) is 7.17. The molecule has 0 fully saturated rings. The highest BCUT2D eigenvalue weighted by Crippen LogP contribution is 2.15. The van der Waals surface area contributed by atoms with Crippen LogP contribution < -0.4 is 9.47 Å². The molecule has 0 heterocycles. The Kier molecular flexibility index (Phi) is 5.65.